The maximum atomic E-state index is 13.4. The predicted molar refractivity (Wildman–Crippen MR) is 119 cm³/mol. The van der Waals surface area contributed by atoms with Crippen LogP contribution in [0.3, 0.4) is 0 Å². The first-order valence-corrected chi connectivity index (χ1v) is 11.1. The molecule has 3 atom stereocenters. The summed E-state index contributed by atoms with van der Waals surface area (Å²) in [5.74, 6) is 0.959. The van der Waals surface area contributed by atoms with Crippen LogP contribution in [-0.2, 0) is 9.53 Å². The number of nitrogens with one attached hydrogen (secondary N) is 1. The topological polar surface area (TPSA) is 67.9 Å². The maximum absolute atomic E-state index is 13.4. The Labute approximate surface area is 183 Å². The van der Waals surface area contributed by atoms with Gasteiger partial charge in [0.25, 0.3) is 5.91 Å². The van der Waals surface area contributed by atoms with Gasteiger partial charge in [-0.2, -0.15) is 0 Å². The van der Waals surface area contributed by atoms with E-state index in [4.69, 9.17) is 9.47 Å². The van der Waals surface area contributed by atoms with Crippen molar-refractivity contribution in [3.8, 4) is 5.75 Å². The number of methoxy groups -OCH3 is 1. The van der Waals surface area contributed by atoms with E-state index in [1.54, 1.807) is 7.11 Å². The fourth-order valence-electron chi connectivity index (χ4n) is 4.82. The SMILES string of the molecule is COCCOc1ccc(NC(=O)C2CC3CCCCC3N2C(=O)c2ccccc2)cc1. The van der Waals surface area contributed by atoms with Gasteiger partial charge < -0.3 is 19.7 Å². The van der Waals surface area contributed by atoms with Crippen molar-refractivity contribution in [2.24, 2.45) is 5.92 Å². The number of hydrogen-bond acceptors (Lipinski definition) is 4. The minimum atomic E-state index is -0.446. The summed E-state index contributed by atoms with van der Waals surface area (Å²) in [6.45, 7) is 0.997. The fourth-order valence-corrected chi connectivity index (χ4v) is 4.82. The summed E-state index contributed by atoms with van der Waals surface area (Å²) in [6.07, 6.45) is 5.07. The van der Waals surface area contributed by atoms with Crippen LogP contribution in [0.1, 0.15) is 42.5 Å². The highest BCUT2D eigenvalue weighted by atomic mass is 16.5. The molecular weight excluding hydrogens is 392 g/mol. The highest BCUT2D eigenvalue weighted by Crippen LogP contribution is 2.40. The van der Waals surface area contributed by atoms with Gasteiger partial charge in [0.15, 0.2) is 0 Å². The van der Waals surface area contributed by atoms with Gasteiger partial charge in [-0.1, -0.05) is 31.0 Å². The van der Waals surface area contributed by atoms with E-state index in [1.807, 2.05) is 59.5 Å². The molecule has 0 spiro atoms. The Morgan fingerprint density at radius 3 is 2.48 bits per heavy atom. The first-order valence-electron chi connectivity index (χ1n) is 11.1. The molecule has 6 heteroatoms. The summed E-state index contributed by atoms with van der Waals surface area (Å²) in [6, 6.07) is 16.3. The summed E-state index contributed by atoms with van der Waals surface area (Å²) in [5.41, 5.74) is 1.34. The molecule has 1 saturated carbocycles. The summed E-state index contributed by atoms with van der Waals surface area (Å²) >= 11 is 0. The third kappa shape index (κ3) is 4.90. The second-order valence-corrected chi connectivity index (χ2v) is 8.30. The van der Waals surface area contributed by atoms with Crippen LogP contribution in [0.2, 0.25) is 0 Å². The minimum absolute atomic E-state index is 0.0444. The standard InChI is InChI=1S/C25H30N2O4/c1-30-15-16-31-21-13-11-20(12-14-21)26-24(28)23-17-19-9-5-6-10-22(19)27(23)25(29)18-7-3-2-4-8-18/h2-4,7-8,11-14,19,22-23H,5-6,9-10,15-17H2,1H3,(H,26,28). The lowest BCUT2D eigenvalue weighted by molar-refractivity contribution is -0.120. The molecule has 31 heavy (non-hydrogen) atoms. The van der Waals surface area contributed by atoms with Crippen LogP contribution in [0, 0.1) is 5.92 Å². The number of nitrogens with zero attached hydrogens (tertiary/aromatic N) is 1. The zero-order valence-electron chi connectivity index (χ0n) is 18.0. The molecule has 0 aromatic heterocycles. The summed E-state index contributed by atoms with van der Waals surface area (Å²) in [7, 11) is 1.63. The first-order chi connectivity index (χ1) is 15.2. The smallest absolute Gasteiger partial charge is 0.254 e. The van der Waals surface area contributed by atoms with E-state index < -0.39 is 6.04 Å². The van der Waals surface area contributed by atoms with Gasteiger partial charge >= 0.3 is 0 Å². The third-order valence-corrected chi connectivity index (χ3v) is 6.32. The molecule has 1 N–H and O–H groups in total. The van der Waals surface area contributed by atoms with Crippen molar-refractivity contribution in [1.29, 1.82) is 0 Å². The first kappa shape index (κ1) is 21.4. The number of ether oxygens (including phenoxy) is 2. The average molecular weight is 423 g/mol. The van der Waals surface area contributed by atoms with Gasteiger partial charge in [-0.3, -0.25) is 9.59 Å². The average Bonchev–Trinajstić information content (AvgIpc) is 3.20. The van der Waals surface area contributed by atoms with Crippen molar-refractivity contribution in [3.63, 3.8) is 0 Å². The maximum Gasteiger partial charge on any atom is 0.254 e. The molecule has 2 aromatic rings. The molecule has 1 aliphatic carbocycles. The van der Waals surface area contributed by atoms with Gasteiger partial charge in [-0.15, -0.1) is 0 Å². The van der Waals surface area contributed by atoms with Crippen LogP contribution >= 0.6 is 0 Å². The summed E-state index contributed by atoms with van der Waals surface area (Å²) in [4.78, 5) is 28.5. The zero-order chi connectivity index (χ0) is 21.6. The van der Waals surface area contributed by atoms with Crippen LogP contribution in [-0.4, -0.2) is 49.1 Å². The van der Waals surface area contributed by atoms with Crippen LogP contribution < -0.4 is 10.1 Å². The van der Waals surface area contributed by atoms with E-state index in [9.17, 15) is 9.59 Å². The lowest BCUT2D eigenvalue weighted by Gasteiger charge is -2.33. The monoisotopic (exact) mass is 422 g/mol. The Bertz CT molecular complexity index is 884. The third-order valence-electron chi connectivity index (χ3n) is 6.32. The molecule has 2 aromatic carbocycles. The highest BCUT2D eigenvalue weighted by molar-refractivity contribution is 6.01. The predicted octanol–water partition coefficient (Wildman–Crippen LogP) is 4.12. The molecule has 3 unspecified atom stereocenters. The van der Waals surface area contributed by atoms with Crippen LogP contribution in [0.15, 0.2) is 54.6 Å². The van der Waals surface area contributed by atoms with Crippen molar-refractivity contribution in [2.45, 2.75) is 44.2 Å². The van der Waals surface area contributed by atoms with E-state index >= 15 is 0 Å². The normalized spacial score (nSPS) is 22.6. The highest BCUT2D eigenvalue weighted by Gasteiger charge is 2.47. The number of carbonyl (C=O) groups excluding carboxylic acids is 2. The Morgan fingerprint density at radius 2 is 1.74 bits per heavy atom. The number of hydrogen-bond donors (Lipinski definition) is 1. The number of benzene rings is 2. The summed E-state index contributed by atoms with van der Waals surface area (Å²) in [5, 5.41) is 3.01. The van der Waals surface area contributed by atoms with Crippen molar-refractivity contribution < 1.29 is 19.1 Å². The molecule has 6 nitrogen and oxygen atoms in total. The number of likely N-dealkylation sites (tertiary alicyclic amines) is 1. The number of carbonyl (C=O) groups is 2. The molecule has 164 valence electrons. The second-order valence-electron chi connectivity index (χ2n) is 8.30. The van der Waals surface area contributed by atoms with Gasteiger partial charge in [0.2, 0.25) is 5.91 Å². The van der Waals surface area contributed by atoms with Crippen molar-refractivity contribution in [1.82, 2.24) is 4.90 Å². The molecule has 0 bridgehead atoms. The second kappa shape index (κ2) is 9.96. The summed E-state index contributed by atoms with van der Waals surface area (Å²) < 4.78 is 10.6. The van der Waals surface area contributed by atoms with Crippen molar-refractivity contribution >= 4 is 17.5 Å². The molecule has 1 saturated heterocycles. The van der Waals surface area contributed by atoms with Gasteiger partial charge in [0, 0.05) is 24.4 Å². The Morgan fingerprint density at radius 1 is 1.00 bits per heavy atom. The number of anilines is 1. The molecule has 2 aliphatic rings. The Balaban J connectivity index is 1.48. The van der Waals surface area contributed by atoms with E-state index in [-0.39, 0.29) is 17.9 Å². The zero-order valence-corrected chi connectivity index (χ0v) is 18.0. The number of fused-ring (bicyclic) bond motifs is 1. The van der Waals surface area contributed by atoms with Crippen molar-refractivity contribution in [3.05, 3.63) is 60.2 Å². The molecule has 1 heterocycles. The fraction of sp³-hybridized carbons (Fsp3) is 0.440. The van der Waals surface area contributed by atoms with E-state index in [0.29, 0.717) is 30.4 Å². The lowest BCUT2D eigenvalue weighted by Crippen LogP contribution is -2.47. The Hall–Kier alpha value is -2.86. The van der Waals surface area contributed by atoms with Gasteiger partial charge in [-0.05, 0) is 61.6 Å². The number of rotatable bonds is 7. The molecule has 0 radical (unpaired) electrons. The molecule has 2 amide bonds. The Kier molecular flexibility index (Phi) is 6.87. The largest absolute Gasteiger partial charge is 0.491 e. The minimum Gasteiger partial charge on any atom is -0.491 e. The van der Waals surface area contributed by atoms with E-state index in [2.05, 4.69) is 5.32 Å². The van der Waals surface area contributed by atoms with E-state index in [1.165, 1.54) is 6.42 Å². The molecular formula is C25H30N2O4. The molecule has 2 fully saturated rings. The van der Waals surface area contributed by atoms with Crippen LogP contribution in [0.4, 0.5) is 5.69 Å². The quantitative estimate of drug-likeness (QED) is 0.682. The van der Waals surface area contributed by atoms with Gasteiger partial charge in [-0.25, -0.2) is 0 Å². The van der Waals surface area contributed by atoms with Gasteiger partial charge in [0.1, 0.15) is 18.4 Å². The van der Waals surface area contributed by atoms with E-state index in [0.717, 1.165) is 31.4 Å². The molecule has 4 rings (SSSR count). The molecule has 1 aliphatic heterocycles. The van der Waals surface area contributed by atoms with Crippen LogP contribution in [0.5, 0.6) is 5.75 Å². The van der Waals surface area contributed by atoms with Gasteiger partial charge in [0.05, 0.1) is 6.61 Å². The van der Waals surface area contributed by atoms with Crippen LogP contribution in [0.25, 0.3) is 0 Å². The van der Waals surface area contributed by atoms with Crippen molar-refractivity contribution in [2.75, 3.05) is 25.6 Å². The number of amides is 2. The lowest BCUT2D eigenvalue weighted by atomic mass is 9.84.